The lowest BCUT2D eigenvalue weighted by atomic mass is 10.2. The van der Waals surface area contributed by atoms with E-state index in [2.05, 4.69) is 20.4 Å². The third-order valence-corrected chi connectivity index (χ3v) is 2.99. The van der Waals surface area contributed by atoms with Gasteiger partial charge in [0.15, 0.2) is 11.3 Å². The molecule has 0 saturated carbocycles. The normalized spacial score (nSPS) is 10.7. The van der Waals surface area contributed by atoms with E-state index < -0.39 is 5.97 Å². The first kappa shape index (κ1) is 13.0. The summed E-state index contributed by atoms with van der Waals surface area (Å²) in [7, 11) is 0. The molecule has 3 aromatic rings. The zero-order valence-electron chi connectivity index (χ0n) is 11.0. The number of carboxylic acid groups (broad SMARTS) is 1. The summed E-state index contributed by atoms with van der Waals surface area (Å²) < 4.78 is 5.22. The number of carbonyl (C=O) groups is 1. The van der Waals surface area contributed by atoms with Crippen molar-refractivity contribution in [1.82, 2.24) is 15.1 Å². The Morgan fingerprint density at radius 2 is 2.10 bits per heavy atom. The number of aromatic carboxylic acids is 1. The molecule has 7 heteroatoms. The van der Waals surface area contributed by atoms with Crippen molar-refractivity contribution in [3.8, 4) is 0 Å². The highest BCUT2D eigenvalue weighted by Crippen LogP contribution is 2.18. The number of para-hydroxylation sites is 1. The maximum Gasteiger partial charge on any atom is 0.356 e. The van der Waals surface area contributed by atoms with Gasteiger partial charge in [0, 0.05) is 18.4 Å². The lowest BCUT2D eigenvalue weighted by Crippen LogP contribution is -2.08. The Labute approximate surface area is 119 Å². The minimum absolute atomic E-state index is 0.0805. The van der Waals surface area contributed by atoms with Gasteiger partial charge in [-0.05, 0) is 12.1 Å². The Morgan fingerprint density at radius 1 is 1.24 bits per heavy atom. The van der Waals surface area contributed by atoms with Gasteiger partial charge in [-0.1, -0.05) is 17.3 Å². The van der Waals surface area contributed by atoms with E-state index in [1.54, 1.807) is 0 Å². The van der Waals surface area contributed by atoms with E-state index in [4.69, 9.17) is 9.63 Å². The molecule has 0 radical (unpaired) electrons. The van der Waals surface area contributed by atoms with Gasteiger partial charge in [-0.3, -0.25) is 0 Å². The van der Waals surface area contributed by atoms with Gasteiger partial charge in [-0.15, -0.1) is 0 Å². The second-order valence-corrected chi connectivity index (χ2v) is 4.39. The Morgan fingerprint density at radius 3 is 2.86 bits per heavy atom. The molecular formula is C14H12N4O3. The molecule has 2 heterocycles. The Hall–Kier alpha value is -2.96. The van der Waals surface area contributed by atoms with E-state index >= 15 is 0 Å². The molecule has 2 N–H and O–H groups in total. The molecule has 0 saturated heterocycles. The largest absolute Gasteiger partial charge is 0.476 e. The smallest absolute Gasteiger partial charge is 0.356 e. The van der Waals surface area contributed by atoms with Gasteiger partial charge in [0.05, 0.1) is 18.1 Å². The van der Waals surface area contributed by atoms with Gasteiger partial charge in [-0.2, -0.15) is 0 Å². The molecule has 0 spiro atoms. The third-order valence-electron chi connectivity index (χ3n) is 2.99. The van der Waals surface area contributed by atoms with Crippen LogP contribution in [0.2, 0.25) is 0 Å². The zero-order chi connectivity index (χ0) is 14.7. The Kier molecular flexibility index (Phi) is 3.46. The number of rotatable bonds is 5. The summed E-state index contributed by atoms with van der Waals surface area (Å²) in [5, 5.41) is 16.8. The van der Waals surface area contributed by atoms with Crippen molar-refractivity contribution in [1.29, 1.82) is 0 Å². The SMILES string of the molecule is O=C(O)c1cnc(NCCc2noc3ccccc23)cn1. The molecule has 0 atom stereocenters. The molecule has 0 amide bonds. The molecule has 0 bridgehead atoms. The molecule has 0 unspecified atom stereocenters. The van der Waals surface area contributed by atoms with E-state index in [-0.39, 0.29) is 5.69 Å². The first-order valence-electron chi connectivity index (χ1n) is 6.36. The second kappa shape index (κ2) is 5.58. The van der Waals surface area contributed by atoms with Gasteiger partial charge in [0.1, 0.15) is 5.82 Å². The lowest BCUT2D eigenvalue weighted by Gasteiger charge is -2.03. The summed E-state index contributed by atoms with van der Waals surface area (Å²) in [6, 6.07) is 7.67. The first-order valence-corrected chi connectivity index (χ1v) is 6.36. The average molecular weight is 284 g/mol. The van der Waals surface area contributed by atoms with Crippen LogP contribution in [0, 0.1) is 0 Å². The van der Waals surface area contributed by atoms with Crippen LogP contribution in [0.4, 0.5) is 5.82 Å². The van der Waals surface area contributed by atoms with Crippen molar-refractivity contribution >= 4 is 22.8 Å². The minimum atomic E-state index is -1.09. The average Bonchev–Trinajstić information content (AvgIpc) is 2.91. The van der Waals surface area contributed by atoms with Crippen molar-refractivity contribution in [2.45, 2.75) is 6.42 Å². The fourth-order valence-electron chi connectivity index (χ4n) is 1.96. The fourth-order valence-corrected chi connectivity index (χ4v) is 1.96. The number of nitrogens with one attached hydrogen (secondary N) is 1. The maximum atomic E-state index is 10.7. The van der Waals surface area contributed by atoms with Crippen LogP contribution in [0.15, 0.2) is 41.2 Å². The molecule has 0 fully saturated rings. The van der Waals surface area contributed by atoms with E-state index in [1.807, 2.05) is 24.3 Å². The number of aromatic nitrogens is 3. The molecule has 0 aliphatic rings. The summed E-state index contributed by atoms with van der Waals surface area (Å²) in [5.74, 6) is -0.573. The number of hydrogen-bond acceptors (Lipinski definition) is 6. The van der Waals surface area contributed by atoms with Crippen molar-refractivity contribution in [3.05, 3.63) is 48.0 Å². The minimum Gasteiger partial charge on any atom is -0.476 e. The number of benzene rings is 1. The van der Waals surface area contributed by atoms with Crippen LogP contribution in [-0.2, 0) is 6.42 Å². The highest BCUT2D eigenvalue weighted by Gasteiger charge is 2.07. The second-order valence-electron chi connectivity index (χ2n) is 4.39. The topological polar surface area (TPSA) is 101 Å². The van der Waals surface area contributed by atoms with E-state index in [0.29, 0.717) is 18.8 Å². The Bertz CT molecular complexity index is 767. The predicted molar refractivity (Wildman–Crippen MR) is 75.2 cm³/mol. The molecule has 0 aliphatic carbocycles. The molecule has 1 aromatic carbocycles. The fraction of sp³-hybridized carbons (Fsp3) is 0.143. The molecule has 21 heavy (non-hydrogen) atoms. The number of carboxylic acids is 1. The van der Waals surface area contributed by atoms with Crippen LogP contribution in [0.1, 0.15) is 16.2 Å². The third kappa shape index (κ3) is 2.81. The quantitative estimate of drug-likeness (QED) is 0.738. The van der Waals surface area contributed by atoms with Gasteiger partial charge in [-0.25, -0.2) is 14.8 Å². The van der Waals surface area contributed by atoms with Crippen LogP contribution >= 0.6 is 0 Å². The van der Waals surface area contributed by atoms with Crippen molar-refractivity contribution in [2.24, 2.45) is 0 Å². The molecular weight excluding hydrogens is 272 g/mol. The first-order chi connectivity index (χ1) is 10.2. The summed E-state index contributed by atoms with van der Waals surface area (Å²) in [5.41, 5.74) is 1.55. The zero-order valence-corrected chi connectivity index (χ0v) is 11.0. The van der Waals surface area contributed by atoms with Crippen molar-refractivity contribution < 1.29 is 14.4 Å². The summed E-state index contributed by atoms with van der Waals surface area (Å²) in [4.78, 5) is 18.4. The van der Waals surface area contributed by atoms with Crippen LogP contribution in [0.3, 0.4) is 0 Å². The van der Waals surface area contributed by atoms with Crippen molar-refractivity contribution in [2.75, 3.05) is 11.9 Å². The van der Waals surface area contributed by atoms with Crippen LogP contribution in [-0.4, -0.2) is 32.7 Å². The highest BCUT2D eigenvalue weighted by molar-refractivity contribution is 5.84. The van der Waals surface area contributed by atoms with E-state index in [1.165, 1.54) is 12.4 Å². The van der Waals surface area contributed by atoms with Crippen molar-refractivity contribution in [3.63, 3.8) is 0 Å². The van der Waals surface area contributed by atoms with E-state index in [0.717, 1.165) is 16.7 Å². The maximum absolute atomic E-state index is 10.7. The highest BCUT2D eigenvalue weighted by atomic mass is 16.5. The van der Waals surface area contributed by atoms with Gasteiger partial charge >= 0.3 is 5.97 Å². The number of hydrogen-bond donors (Lipinski definition) is 2. The molecule has 0 aliphatic heterocycles. The molecule has 7 nitrogen and oxygen atoms in total. The molecule has 2 aromatic heterocycles. The molecule has 3 rings (SSSR count). The van der Waals surface area contributed by atoms with Crippen LogP contribution in [0.5, 0.6) is 0 Å². The number of nitrogens with zero attached hydrogens (tertiary/aromatic N) is 3. The summed E-state index contributed by atoms with van der Waals surface area (Å²) in [6.07, 6.45) is 3.28. The van der Waals surface area contributed by atoms with E-state index in [9.17, 15) is 4.79 Å². The van der Waals surface area contributed by atoms with Gasteiger partial charge in [0.25, 0.3) is 0 Å². The standard InChI is InChI=1S/C14H12N4O3/c19-14(20)11-7-17-13(8-16-11)15-6-5-10-9-3-1-2-4-12(9)21-18-10/h1-4,7-8H,5-6H2,(H,15,17)(H,19,20). The number of fused-ring (bicyclic) bond motifs is 1. The van der Waals surface area contributed by atoms with Gasteiger partial charge in [0.2, 0.25) is 0 Å². The summed E-state index contributed by atoms with van der Waals surface area (Å²) in [6.45, 7) is 0.595. The number of anilines is 1. The summed E-state index contributed by atoms with van der Waals surface area (Å²) >= 11 is 0. The van der Waals surface area contributed by atoms with Crippen LogP contribution < -0.4 is 5.32 Å². The monoisotopic (exact) mass is 284 g/mol. The van der Waals surface area contributed by atoms with Crippen LogP contribution in [0.25, 0.3) is 11.0 Å². The molecule has 106 valence electrons. The Balaban J connectivity index is 1.62. The predicted octanol–water partition coefficient (Wildman–Crippen LogP) is 1.97. The van der Waals surface area contributed by atoms with Gasteiger partial charge < -0.3 is 14.9 Å². The lowest BCUT2D eigenvalue weighted by molar-refractivity contribution is 0.0690.